The van der Waals surface area contributed by atoms with Crippen LogP contribution in [0.4, 0.5) is 4.79 Å². The zero-order chi connectivity index (χ0) is 22.8. The second-order valence-corrected chi connectivity index (χ2v) is 8.69. The third-order valence-corrected chi connectivity index (χ3v) is 6.68. The number of carbonyl (C=O) groups is 2. The molecule has 170 valence electrons. The van der Waals surface area contributed by atoms with Gasteiger partial charge < -0.3 is 14.2 Å². The molecular formula is C27H27NO5. The highest BCUT2D eigenvalue weighted by Gasteiger charge is 2.44. The Balaban J connectivity index is 1.33. The molecule has 0 radical (unpaired) electrons. The number of hydrogen-bond donors (Lipinski definition) is 0. The Morgan fingerprint density at radius 2 is 1.58 bits per heavy atom. The minimum absolute atomic E-state index is 0.114. The summed E-state index contributed by atoms with van der Waals surface area (Å²) in [5, 5.41) is 1.82. The van der Waals surface area contributed by atoms with Crippen LogP contribution in [0, 0.1) is 5.92 Å². The van der Waals surface area contributed by atoms with Gasteiger partial charge in [0.25, 0.3) is 0 Å². The third kappa shape index (κ3) is 4.18. The second-order valence-electron chi connectivity index (χ2n) is 8.69. The Labute approximate surface area is 193 Å². The zero-order valence-electron chi connectivity index (χ0n) is 18.6. The molecular weight excluding hydrogens is 418 g/mol. The van der Waals surface area contributed by atoms with Crippen molar-refractivity contribution in [3.63, 3.8) is 0 Å². The van der Waals surface area contributed by atoms with Crippen molar-refractivity contribution in [3.8, 4) is 5.75 Å². The number of Topliss-reactive ketones (excluding diaryl/α,β-unsaturated/α-hetero) is 1. The molecule has 2 unspecified atom stereocenters. The fourth-order valence-electron chi connectivity index (χ4n) is 5.11. The third-order valence-electron chi connectivity index (χ3n) is 6.68. The predicted molar refractivity (Wildman–Crippen MR) is 124 cm³/mol. The number of ketones is 1. The Kier molecular flexibility index (Phi) is 6.01. The number of piperidine rings is 1. The average molecular weight is 446 g/mol. The van der Waals surface area contributed by atoms with Crippen molar-refractivity contribution in [1.82, 2.24) is 4.90 Å². The Morgan fingerprint density at radius 3 is 2.27 bits per heavy atom. The van der Waals surface area contributed by atoms with E-state index in [2.05, 4.69) is 0 Å². The highest BCUT2D eigenvalue weighted by molar-refractivity contribution is 6.10. The van der Waals surface area contributed by atoms with Gasteiger partial charge in [-0.25, -0.2) is 4.79 Å². The monoisotopic (exact) mass is 445 g/mol. The van der Waals surface area contributed by atoms with Crippen LogP contribution in [0.2, 0.25) is 0 Å². The number of benzene rings is 3. The summed E-state index contributed by atoms with van der Waals surface area (Å²) in [6.07, 6.45) is 0.796. The van der Waals surface area contributed by atoms with Crippen LogP contribution in [0.1, 0.15) is 28.8 Å². The number of morpholine rings is 1. The molecule has 6 heteroatoms. The lowest BCUT2D eigenvalue weighted by molar-refractivity contribution is -0.0755. The highest BCUT2D eigenvalue weighted by Crippen LogP contribution is 2.36. The summed E-state index contributed by atoms with van der Waals surface area (Å²) >= 11 is 0. The lowest BCUT2D eigenvalue weighted by Gasteiger charge is -2.47. The molecule has 1 amide bonds. The SMILES string of the molecule is COc1ccc(C(=O)C2CC3COCC(C2)N3C(=O)OCc2ccccc2)c2ccccc12. The van der Waals surface area contributed by atoms with Crippen molar-refractivity contribution in [2.75, 3.05) is 20.3 Å². The van der Waals surface area contributed by atoms with Crippen LogP contribution in [0.3, 0.4) is 0 Å². The first-order valence-electron chi connectivity index (χ1n) is 11.3. The fraction of sp³-hybridized carbons (Fsp3) is 0.333. The number of fused-ring (bicyclic) bond motifs is 3. The maximum absolute atomic E-state index is 13.6. The van der Waals surface area contributed by atoms with E-state index in [0.717, 1.165) is 22.1 Å². The van der Waals surface area contributed by atoms with E-state index in [9.17, 15) is 9.59 Å². The molecule has 0 spiro atoms. The van der Waals surface area contributed by atoms with Gasteiger partial charge in [-0.2, -0.15) is 0 Å². The molecule has 0 aromatic heterocycles. The fourth-order valence-corrected chi connectivity index (χ4v) is 5.11. The Bertz CT molecular complexity index is 1150. The van der Waals surface area contributed by atoms with Crippen molar-refractivity contribution in [2.45, 2.75) is 31.5 Å². The topological polar surface area (TPSA) is 65.1 Å². The number of rotatable bonds is 5. The molecule has 2 aliphatic rings. The quantitative estimate of drug-likeness (QED) is 0.526. The minimum atomic E-state index is -0.335. The lowest BCUT2D eigenvalue weighted by atomic mass is 9.80. The maximum Gasteiger partial charge on any atom is 0.410 e. The van der Waals surface area contributed by atoms with E-state index in [1.165, 1.54) is 0 Å². The molecule has 0 saturated carbocycles. The molecule has 2 bridgehead atoms. The van der Waals surface area contributed by atoms with Crippen molar-refractivity contribution < 1.29 is 23.8 Å². The van der Waals surface area contributed by atoms with Crippen LogP contribution in [0.5, 0.6) is 5.75 Å². The van der Waals surface area contributed by atoms with Gasteiger partial charge in [0.15, 0.2) is 5.78 Å². The van der Waals surface area contributed by atoms with Gasteiger partial charge in [0, 0.05) is 16.9 Å². The first-order chi connectivity index (χ1) is 16.2. The summed E-state index contributed by atoms with van der Waals surface area (Å²) < 4.78 is 16.8. The van der Waals surface area contributed by atoms with Crippen LogP contribution in [-0.4, -0.2) is 49.2 Å². The lowest BCUT2D eigenvalue weighted by Crippen LogP contribution is -2.59. The molecule has 3 aromatic rings. The van der Waals surface area contributed by atoms with E-state index in [4.69, 9.17) is 14.2 Å². The van der Waals surface area contributed by atoms with Crippen molar-refractivity contribution >= 4 is 22.6 Å². The number of amides is 1. The summed E-state index contributed by atoms with van der Waals surface area (Å²) in [6, 6.07) is 20.8. The van der Waals surface area contributed by atoms with E-state index in [0.29, 0.717) is 31.6 Å². The van der Waals surface area contributed by atoms with Gasteiger partial charge in [-0.15, -0.1) is 0 Å². The molecule has 2 heterocycles. The highest BCUT2D eigenvalue weighted by atomic mass is 16.6. The number of nitrogens with zero attached hydrogens (tertiary/aromatic N) is 1. The van der Waals surface area contributed by atoms with Gasteiger partial charge in [-0.05, 0) is 35.9 Å². The van der Waals surface area contributed by atoms with Gasteiger partial charge in [-0.1, -0.05) is 54.6 Å². The molecule has 3 aromatic carbocycles. The summed E-state index contributed by atoms with van der Waals surface area (Å²) in [6.45, 7) is 1.07. The molecule has 5 rings (SSSR count). The van der Waals surface area contributed by atoms with Crippen LogP contribution < -0.4 is 4.74 Å². The molecule has 2 saturated heterocycles. The molecule has 2 fully saturated rings. The van der Waals surface area contributed by atoms with E-state index in [-0.39, 0.29) is 36.5 Å². The van der Waals surface area contributed by atoms with Crippen molar-refractivity contribution in [1.29, 1.82) is 0 Å². The first-order valence-corrected chi connectivity index (χ1v) is 11.3. The van der Waals surface area contributed by atoms with Gasteiger partial charge >= 0.3 is 6.09 Å². The minimum Gasteiger partial charge on any atom is -0.496 e. The van der Waals surface area contributed by atoms with Gasteiger partial charge in [0.1, 0.15) is 12.4 Å². The molecule has 0 aliphatic carbocycles. The summed E-state index contributed by atoms with van der Waals surface area (Å²) in [5.74, 6) is 0.699. The first kappa shape index (κ1) is 21.5. The average Bonchev–Trinajstić information content (AvgIpc) is 2.86. The maximum atomic E-state index is 13.6. The number of ether oxygens (including phenoxy) is 3. The van der Waals surface area contributed by atoms with Crippen LogP contribution >= 0.6 is 0 Å². The normalized spacial score (nSPS) is 22.1. The second kappa shape index (κ2) is 9.24. The van der Waals surface area contributed by atoms with Crippen LogP contribution in [0.15, 0.2) is 66.7 Å². The standard InChI is InChI=1S/C27H27NO5/c1-31-25-12-11-24(22-9-5-6-10-23(22)25)26(29)19-13-20-16-32-17-21(14-19)28(20)27(30)33-15-18-7-3-2-4-8-18/h2-12,19-21H,13-17H2,1H3. The largest absolute Gasteiger partial charge is 0.496 e. The molecule has 0 N–H and O–H groups in total. The van der Waals surface area contributed by atoms with E-state index in [1.54, 1.807) is 12.0 Å². The predicted octanol–water partition coefficient (Wildman–Crippen LogP) is 4.85. The van der Waals surface area contributed by atoms with Crippen molar-refractivity contribution in [3.05, 3.63) is 77.9 Å². The van der Waals surface area contributed by atoms with Gasteiger partial charge in [0.2, 0.25) is 0 Å². The smallest absolute Gasteiger partial charge is 0.410 e. The zero-order valence-corrected chi connectivity index (χ0v) is 18.6. The molecule has 33 heavy (non-hydrogen) atoms. The summed E-state index contributed by atoms with van der Waals surface area (Å²) in [4.78, 5) is 28.3. The van der Waals surface area contributed by atoms with Crippen molar-refractivity contribution in [2.24, 2.45) is 5.92 Å². The van der Waals surface area contributed by atoms with Crippen LogP contribution in [-0.2, 0) is 16.1 Å². The molecule has 2 atom stereocenters. The van der Waals surface area contributed by atoms with Crippen LogP contribution in [0.25, 0.3) is 10.8 Å². The van der Waals surface area contributed by atoms with Gasteiger partial charge in [-0.3, -0.25) is 9.69 Å². The Morgan fingerprint density at radius 1 is 0.909 bits per heavy atom. The van der Waals surface area contributed by atoms with E-state index in [1.807, 2.05) is 66.7 Å². The number of hydrogen-bond acceptors (Lipinski definition) is 5. The van der Waals surface area contributed by atoms with Gasteiger partial charge in [0.05, 0.1) is 32.4 Å². The van der Waals surface area contributed by atoms with E-state index < -0.39 is 0 Å². The summed E-state index contributed by atoms with van der Waals surface area (Å²) in [7, 11) is 1.64. The molecule has 6 nitrogen and oxygen atoms in total. The number of methoxy groups -OCH3 is 1. The Hall–Kier alpha value is -3.38. The molecule has 2 aliphatic heterocycles. The summed E-state index contributed by atoms with van der Waals surface area (Å²) in [5.41, 5.74) is 1.65. The number of carbonyl (C=O) groups excluding carboxylic acids is 2. The van der Waals surface area contributed by atoms with E-state index >= 15 is 0 Å².